The fourth-order valence-corrected chi connectivity index (χ4v) is 3.30. The molecule has 1 nitrogen and oxygen atoms in total. The molecule has 0 bridgehead atoms. The molecule has 2 rings (SSSR count). The maximum Gasteiger partial charge on any atom is 0.125 e. The number of hydrogen-bond donors (Lipinski definition) is 1. The second kappa shape index (κ2) is 6.34. The van der Waals surface area contributed by atoms with Crippen molar-refractivity contribution in [3.8, 4) is 0 Å². The van der Waals surface area contributed by atoms with E-state index in [1.165, 1.54) is 37.8 Å². The highest BCUT2D eigenvalue weighted by Crippen LogP contribution is 2.39. The lowest BCUT2D eigenvalue weighted by molar-refractivity contribution is 0.153. The summed E-state index contributed by atoms with van der Waals surface area (Å²) in [6, 6.07) is 4.47. The minimum atomic E-state index is -0.242. The largest absolute Gasteiger partial charge is 0.383 e. The van der Waals surface area contributed by atoms with Crippen LogP contribution >= 0.6 is 11.6 Å². The monoisotopic (exact) mass is 297 g/mol. The van der Waals surface area contributed by atoms with Gasteiger partial charge in [-0.3, -0.25) is 0 Å². The van der Waals surface area contributed by atoms with Crippen LogP contribution in [0.1, 0.15) is 46.5 Å². The van der Waals surface area contributed by atoms with Crippen molar-refractivity contribution < 1.29 is 4.39 Å². The Kier molecular flexibility index (Phi) is 4.95. The van der Waals surface area contributed by atoms with Crippen molar-refractivity contribution in [1.82, 2.24) is 0 Å². The zero-order chi connectivity index (χ0) is 14.8. The lowest BCUT2D eigenvalue weighted by atomic mass is 9.70. The van der Waals surface area contributed by atoms with E-state index in [0.29, 0.717) is 22.0 Å². The summed E-state index contributed by atoms with van der Waals surface area (Å²) in [6.07, 6.45) is 5.10. The van der Waals surface area contributed by atoms with Gasteiger partial charge in [-0.05, 0) is 61.1 Å². The third-order valence-corrected chi connectivity index (χ3v) is 4.91. The van der Waals surface area contributed by atoms with Gasteiger partial charge in [0, 0.05) is 6.54 Å². The first-order chi connectivity index (χ1) is 9.36. The first kappa shape index (κ1) is 15.6. The van der Waals surface area contributed by atoms with Crippen LogP contribution in [0, 0.1) is 23.1 Å². The molecule has 0 radical (unpaired) electrons. The fourth-order valence-electron chi connectivity index (χ4n) is 3.12. The van der Waals surface area contributed by atoms with Gasteiger partial charge in [-0.15, -0.1) is 0 Å². The van der Waals surface area contributed by atoms with Crippen LogP contribution in [0.3, 0.4) is 0 Å². The number of anilines is 1. The Morgan fingerprint density at radius 1 is 1.20 bits per heavy atom. The lowest BCUT2D eigenvalue weighted by Gasteiger charge is -2.37. The molecule has 1 aromatic rings. The van der Waals surface area contributed by atoms with Gasteiger partial charge in [0.25, 0.3) is 0 Å². The normalized spacial score (nSPS) is 23.6. The predicted molar refractivity (Wildman–Crippen MR) is 84.8 cm³/mol. The standard InChI is InChI=1S/C17H25ClFN/c1-17(2,3)13-6-4-12(5-7-13)11-20-16-10-14(19)8-9-15(16)18/h8-10,12-13,20H,4-7,11H2,1-3H3. The lowest BCUT2D eigenvalue weighted by Crippen LogP contribution is -2.28. The SMILES string of the molecule is CC(C)(C)C1CCC(CNc2cc(F)ccc2Cl)CC1. The number of rotatable bonds is 3. The highest BCUT2D eigenvalue weighted by Gasteiger charge is 2.29. The smallest absolute Gasteiger partial charge is 0.125 e. The Morgan fingerprint density at radius 3 is 2.45 bits per heavy atom. The van der Waals surface area contributed by atoms with Crippen LogP contribution in [0.5, 0.6) is 0 Å². The number of benzene rings is 1. The molecule has 0 aromatic heterocycles. The summed E-state index contributed by atoms with van der Waals surface area (Å²) in [5.74, 6) is 1.26. The molecule has 20 heavy (non-hydrogen) atoms. The van der Waals surface area contributed by atoms with Gasteiger partial charge in [0.15, 0.2) is 0 Å². The average Bonchev–Trinajstić information content (AvgIpc) is 2.39. The van der Waals surface area contributed by atoms with Crippen LogP contribution < -0.4 is 5.32 Å². The summed E-state index contributed by atoms with van der Waals surface area (Å²) in [7, 11) is 0. The zero-order valence-corrected chi connectivity index (χ0v) is 13.4. The van der Waals surface area contributed by atoms with Crippen LogP contribution in [0.4, 0.5) is 10.1 Å². The van der Waals surface area contributed by atoms with Gasteiger partial charge in [0.05, 0.1) is 10.7 Å². The Labute approximate surface area is 126 Å². The summed E-state index contributed by atoms with van der Waals surface area (Å²) in [4.78, 5) is 0. The van der Waals surface area contributed by atoms with E-state index in [4.69, 9.17) is 11.6 Å². The third kappa shape index (κ3) is 4.12. The van der Waals surface area contributed by atoms with E-state index in [0.717, 1.165) is 12.5 Å². The molecule has 0 saturated heterocycles. The van der Waals surface area contributed by atoms with Crippen LogP contribution in [0.25, 0.3) is 0 Å². The second-order valence-corrected chi connectivity index (χ2v) is 7.50. The molecule has 1 aliphatic carbocycles. The molecular formula is C17H25ClFN. The van der Waals surface area contributed by atoms with E-state index in [1.54, 1.807) is 6.07 Å². The van der Waals surface area contributed by atoms with E-state index in [2.05, 4.69) is 26.1 Å². The molecule has 0 amide bonds. The van der Waals surface area contributed by atoms with Gasteiger partial charge in [0.1, 0.15) is 5.82 Å². The summed E-state index contributed by atoms with van der Waals surface area (Å²) in [6.45, 7) is 7.90. The third-order valence-electron chi connectivity index (χ3n) is 4.58. The highest BCUT2D eigenvalue weighted by atomic mass is 35.5. The average molecular weight is 298 g/mol. The summed E-state index contributed by atoms with van der Waals surface area (Å²) < 4.78 is 13.2. The van der Waals surface area contributed by atoms with Gasteiger partial charge in [-0.2, -0.15) is 0 Å². The van der Waals surface area contributed by atoms with Crippen molar-refractivity contribution in [1.29, 1.82) is 0 Å². The van der Waals surface area contributed by atoms with E-state index in [9.17, 15) is 4.39 Å². The van der Waals surface area contributed by atoms with Crippen molar-refractivity contribution in [3.63, 3.8) is 0 Å². The molecule has 1 aliphatic rings. The Hall–Kier alpha value is -0.760. The van der Waals surface area contributed by atoms with Crippen molar-refractivity contribution >= 4 is 17.3 Å². The molecule has 1 saturated carbocycles. The summed E-state index contributed by atoms with van der Waals surface area (Å²) >= 11 is 6.07. The molecular weight excluding hydrogens is 273 g/mol. The molecule has 0 atom stereocenters. The first-order valence-corrected chi connectivity index (χ1v) is 7.93. The minimum Gasteiger partial charge on any atom is -0.383 e. The van der Waals surface area contributed by atoms with Gasteiger partial charge in [-0.1, -0.05) is 32.4 Å². The van der Waals surface area contributed by atoms with E-state index in [1.807, 2.05) is 0 Å². The Morgan fingerprint density at radius 2 is 1.85 bits per heavy atom. The van der Waals surface area contributed by atoms with Crippen molar-refractivity contribution in [3.05, 3.63) is 29.0 Å². The van der Waals surface area contributed by atoms with Crippen LogP contribution in [0.2, 0.25) is 5.02 Å². The molecule has 0 unspecified atom stereocenters. The second-order valence-electron chi connectivity index (χ2n) is 7.09. The molecule has 1 N–H and O–H groups in total. The van der Waals surface area contributed by atoms with Crippen LogP contribution in [0.15, 0.2) is 18.2 Å². The number of hydrogen-bond acceptors (Lipinski definition) is 1. The van der Waals surface area contributed by atoms with Gasteiger partial charge >= 0.3 is 0 Å². The minimum absolute atomic E-state index is 0.242. The topological polar surface area (TPSA) is 12.0 Å². The first-order valence-electron chi connectivity index (χ1n) is 7.55. The fraction of sp³-hybridized carbons (Fsp3) is 0.647. The predicted octanol–water partition coefficient (Wildman–Crippen LogP) is 5.74. The van der Waals surface area contributed by atoms with Gasteiger partial charge < -0.3 is 5.32 Å². The molecule has 0 heterocycles. The van der Waals surface area contributed by atoms with Crippen molar-refractivity contribution in [2.45, 2.75) is 46.5 Å². The van der Waals surface area contributed by atoms with Crippen molar-refractivity contribution in [2.24, 2.45) is 17.3 Å². The molecule has 3 heteroatoms. The number of halogens is 2. The summed E-state index contributed by atoms with van der Waals surface area (Å²) in [5.41, 5.74) is 1.13. The molecule has 1 fully saturated rings. The quantitative estimate of drug-likeness (QED) is 0.749. The van der Waals surface area contributed by atoms with E-state index < -0.39 is 0 Å². The molecule has 112 valence electrons. The number of nitrogens with one attached hydrogen (secondary N) is 1. The van der Waals surface area contributed by atoms with Crippen LogP contribution in [-0.4, -0.2) is 6.54 Å². The van der Waals surface area contributed by atoms with Crippen molar-refractivity contribution in [2.75, 3.05) is 11.9 Å². The zero-order valence-electron chi connectivity index (χ0n) is 12.7. The molecule has 0 spiro atoms. The molecule has 1 aromatic carbocycles. The molecule has 0 aliphatic heterocycles. The maximum absolute atomic E-state index is 13.2. The Balaban J connectivity index is 1.83. The van der Waals surface area contributed by atoms with E-state index >= 15 is 0 Å². The highest BCUT2D eigenvalue weighted by molar-refractivity contribution is 6.33. The maximum atomic E-state index is 13.2. The van der Waals surface area contributed by atoms with Gasteiger partial charge in [0.2, 0.25) is 0 Å². The van der Waals surface area contributed by atoms with E-state index in [-0.39, 0.29) is 5.82 Å². The van der Waals surface area contributed by atoms with Gasteiger partial charge in [-0.25, -0.2) is 4.39 Å². The Bertz CT molecular complexity index is 445. The van der Waals surface area contributed by atoms with Crippen LogP contribution in [-0.2, 0) is 0 Å². The summed E-state index contributed by atoms with van der Waals surface area (Å²) in [5, 5.41) is 3.90.